The molecule has 0 aliphatic heterocycles. The van der Waals surface area contributed by atoms with Crippen LogP contribution in [0, 0.1) is 5.92 Å². The highest BCUT2D eigenvalue weighted by atomic mass is 16.5. The molecule has 6 heteroatoms. The Morgan fingerprint density at radius 1 is 1.47 bits per heavy atom. The molecule has 0 saturated carbocycles. The molecule has 0 aromatic rings. The summed E-state index contributed by atoms with van der Waals surface area (Å²) in [4.78, 5) is 22.5. The maximum atomic E-state index is 11.4. The molecule has 0 radical (unpaired) electrons. The quantitative estimate of drug-likeness (QED) is 0.494. The van der Waals surface area contributed by atoms with E-state index in [-0.39, 0.29) is 5.92 Å². The topological polar surface area (TPSA) is 102 Å². The van der Waals surface area contributed by atoms with Gasteiger partial charge >= 0.3 is 5.97 Å². The van der Waals surface area contributed by atoms with Crippen molar-refractivity contribution in [1.29, 1.82) is 0 Å². The number of nitrogens with one attached hydrogen (secondary N) is 1. The summed E-state index contributed by atoms with van der Waals surface area (Å²) in [5.74, 6) is -1.21. The number of carbonyl (C=O) groups excluding carboxylic acids is 2. The van der Waals surface area contributed by atoms with E-state index in [9.17, 15) is 9.59 Å². The molecule has 0 spiro atoms. The fraction of sp³-hybridized carbons (Fsp3) is 0.778. The molecule has 0 unspecified atom stereocenters. The number of hydrogen-bond donors (Lipinski definition) is 3. The van der Waals surface area contributed by atoms with Crippen LogP contribution in [-0.2, 0) is 14.3 Å². The highest BCUT2D eigenvalue weighted by Crippen LogP contribution is 1.99. The van der Waals surface area contributed by atoms with Crippen molar-refractivity contribution in [3.05, 3.63) is 0 Å². The van der Waals surface area contributed by atoms with Gasteiger partial charge in [-0.3, -0.25) is 4.79 Å². The Labute approximate surface area is 88.8 Å². The Kier molecular flexibility index (Phi) is 5.88. The highest BCUT2D eigenvalue weighted by Gasteiger charge is 2.24. The van der Waals surface area contributed by atoms with E-state index in [1.807, 2.05) is 0 Å². The van der Waals surface area contributed by atoms with Gasteiger partial charge in [0.2, 0.25) is 5.91 Å². The van der Waals surface area contributed by atoms with Gasteiger partial charge in [-0.15, -0.1) is 0 Å². The number of esters is 1. The van der Waals surface area contributed by atoms with E-state index in [0.717, 1.165) is 0 Å². The maximum Gasteiger partial charge on any atom is 0.330 e. The average molecular weight is 218 g/mol. The van der Waals surface area contributed by atoms with Crippen molar-refractivity contribution in [2.45, 2.75) is 25.9 Å². The van der Waals surface area contributed by atoms with E-state index in [2.05, 4.69) is 10.1 Å². The number of methoxy groups -OCH3 is 1. The van der Waals surface area contributed by atoms with Gasteiger partial charge in [0, 0.05) is 0 Å². The third-order valence-corrected chi connectivity index (χ3v) is 2.01. The number of aliphatic hydroxyl groups is 1. The van der Waals surface area contributed by atoms with Crippen LogP contribution in [0.2, 0.25) is 0 Å². The number of carbonyl (C=O) groups is 2. The molecule has 0 aromatic carbocycles. The molecular formula is C9H18N2O4. The van der Waals surface area contributed by atoms with Crippen LogP contribution < -0.4 is 11.1 Å². The lowest BCUT2D eigenvalue weighted by atomic mass is 10.0. The summed E-state index contributed by atoms with van der Waals surface area (Å²) in [7, 11) is 1.18. The average Bonchev–Trinajstić information content (AvgIpc) is 2.22. The van der Waals surface area contributed by atoms with Gasteiger partial charge in [0.05, 0.1) is 19.8 Å². The minimum atomic E-state index is -1.05. The lowest BCUT2D eigenvalue weighted by Gasteiger charge is -2.19. The van der Waals surface area contributed by atoms with Crippen molar-refractivity contribution in [2.24, 2.45) is 11.7 Å². The molecule has 0 aromatic heterocycles. The standard InChI is InChI=1S/C9H18N2O4/c1-5(2)7(10)8(13)11-6(4-12)9(14)15-3/h5-7,12H,4,10H2,1-3H3,(H,11,13)/t6-,7-/m0/s1. The van der Waals surface area contributed by atoms with Gasteiger partial charge in [-0.25, -0.2) is 4.79 Å². The van der Waals surface area contributed by atoms with Gasteiger partial charge in [-0.2, -0.15) is 0 Å². The van der Waals surface area contributed by atoms with Gasteiger partial charge in [0.1, 0.15) is 0 Å². The van der Waals surface area contributed by atoms with E-state index in [4.69, 9.17) is 10.8 Å². The van der Waals surface area contributed by atoms with E-state index in [0.29, 0.717) is 0 Å². The van der Waals surface area contributed by atoms with Crippen LogP contribution in [0.5, 0.6) is 0 Å². The van der Waals surface area contributed by atoms with Gasteiger partial charge in [0.25, 0.3) is 0 Å². The van der Waals surface area contributed by atoms with E-state index in [1.165, 1.54) is 7.11 Å². The number of nitrogens with two attached hydrogens (primary N) is 1. The second-order valence-electron chi connectivity index (χ2n) is 3.54. The minimum absolute atomic E-state index is 0.0398. The first-order chi connectivity index (χ1) is 6.93. The molecule has 0 rings (SSSR count). The Bertz CT molecular complexity index is 230. The Morgan fingerprint density at radius 3 is 2.33 bits per heavy atom. The van der Waals surface area contributed by atoms with Gasteiger partial charge in [-0.1, -0.05) is 13.8 Å². The Morgan fingerprint density at radius 2 is 2.00 bits per heavy atom. The molecule has 0 heterocycles. The predicted octanol–water partition coefficient (Wildman–Crippen LogP) is -1.38. The minimum Gasteiger partial charge on any atom is -0.467 e. The fourth-order valence-corrected chi connectivity index (χ4v) is 0.892. The maximum absolute atomic E-state index is 11.4. The molecule has 88 valence electrons. The summed E-state index contributed by atoms with van der Waals surface area (Å²) in [5.41, 5.74) is 5.56. The first-order valence-corrected chi connectivity index (χ1v) is 4.68. The van der Waals surface area contributed by atoms with E-state index in [1.54, 1.807) is 13.8 Å². The first-order valence-electron chi connectivity index (χ1n) is 4.68. The number of rotatable bonds is 5. The molecule has 0 bridgehead atoms. The van der Waals surface area contributed by atoms with Crippen LogP contribution in [0.25, 0.3) is 0 Å². The lowest BCUT2D eigenvalue weighted by Crippen LogP contribution is -2.51. The molecule has 0 aliphatic rings. The smallest absolute Gasteiger partial charge is 0.330 e. The fourth-order valence-electron chi connectivity index (χ4n) is 0.892. The van der Waals surface area contributed by atoms with Crippen LogP contribution in [-0.4, -0.2) is 42.8 Å². The third-order valence-electron chi connectivity index (χ3n) is 2.01. The Balaban J connectivity index is 4.30. The predicted molar refractivity (Wildman–Crippen MR) is 53.8 cm³/mol. The largest absolute Gasteiger partial charge is 0.467 e. The second-order valence-corrected chi connectivity index (χ2v) is 3.54. The number of ether oxygens (including phenoxy) is 1. The highest BCUT2D eigenvalue weighted by molar-refractivity contribution is 5.87. The Hall–Kier alpha value is -1.14. The van der Waals surface area contributed by atoms with Crippen molar-refractivity contribution < 1.29 is 19.4 Å². The first kappa shape index (κ1) is 13.9. The zero-order valence-corrected chi connectivity index (χ0v) is 9.19. The van der Waals surface area contributed by atoms with Crippen LogP contribution in [0.4, 0.5) is 0 Å². The molecule has 15 heavy (non-hydrogen) atoms. The van der Waals surface area contributed by atoms with Crippen LogP contribution in [0.15, 0.2) is 0 Å². The summed E-state index contributed by atoms with van der Waals surface area (Å²) >= 11 is 0. The molecular weight excluding hydrogens is 200 g/mol. The number of amides is 1. The van der Waals surface area contributed by atoms with Crippen LogP contribution in [0.3, 0.4) is 0 Å². The normalized spacial score (nSPS) is 14.5. The molecule has 0 saturated heterocycles. The lowest BCUT2D eigenvalue weighted by molar-refractivity contribution is -0.146. The summed E-state index contributed by atoms with van der Waals surface area (Å²) in [6.07, 6.45) is 0. The SMILES string of the molecule is COC(=O)[C@H](CO)NC(=O)[C@@H](N)C(C)C. The second kappa shape index (κ2) is 6.36. The van der Waals surface area contributed by atoms with E-state index < -0.39 is 30.6 Å². The van der Waals surface area contributed by atoms with Crippen molar-refractivity contribution in [3.63, 3.8) is 0 Å². The number of aliphatic hydroxyl groups excluding tert-OH is 1. The zero-order valence-electron chi connectivity index (χ0n) is 9.19. The zero-order chi connectivity index (χ0) is 12.0. The summed E-state index contributed by atoms with van der Waals surface area (Å²) < 4.78 is 4.39. The van der Waals surface area contributed by atoms with Crippen molar-refractivity contribution in [1.82, 2.24) is 5.32 Å². The molecule has 0 fully saturated rings. The van der Waals surface area contributed by atoms with Gasteiger partial charge < -0.3 is 20.9 Å². The van der Waals surface area contributed by atoms with Gasteiger partial charge in [0.15, 0.2) is 6.04 Å². The molecule has 4 N–H and O–H groups in total. The summed E-state index contributed by atoms with van der Waals surface area (Å²) in [6.45, 7) is 3.07. The van der Waals surface area contributed by atoms with Crippen molar-refractivity contribution >= 4 is 11.9 Å². The van der Waals surface area contributed by atoms with Crippen molar-refractivity contribution in [2.75, 3.05) is 13.7 Å². The van der Waals surface area contributed by atoms with Crippen LogP contribution >= 0.6 is 0 Å². The van der Waals surface area contributed by atoms with Gasteiger partial charge in [-0.05, 0) is 5.92 Å². The van der Waals surface area contributed by atoms with Crippen LogP contribution in [0.1, 0.15) is 13.8 Å². The number of hydrogen-bond acceptors (Lipinski definition) is 5. The molecule has 0 aliphatic carbocycles. The molecule has 2 atom stereocenters. The third kappa shape index (κ3) is 4.26. The summed E-state index contributed by atoms with van der Waals surface area (Å²) in [6, 6.07) is -1.75. The molecule has 1 amide bonds. The molecule has 6 nitrogen and oxygen atoms in total. The summed E-state index contributed by atoms with van der Waals surface area (Å²) in [5, 5.41) is 11.2. The monoisotopic (exact) mass is 218 g/mol. The van der Waals surface area contributed by atoms with E-state index >= 15 is 0 Å². The van der Waals surface area contributed by atoms with Crippen molar-refractivity contribution in [3.8, 4) is 0 Å².